The van der Waals surface area contributed by atoms with Crippen LogP contribution in [-0.2, 0) is 10.4 Å². The van der Waals surface area contributed by atoms with Gasteiger partial charge in [-0.1, -0.05) is 50.4 Å². The smallest absolute Gasteiger partial charge is 0.309 e. The van der Waals surface area contributed by atoms with Crippen LogP contribution in [0.3, 0.4) is 0 Å². The number of aliphatic hydroxyl groups is 1. The molecular formula is C15H21ClO3. The second-order valence-corrected chi connectivity index (χ2v) is 5.26. The summed E-state index contributed by atoms with van der Waals surface area (Å²) >= 11 is 5.94. The number of unbranched alkanes of at least 4 members (excludes halogenated alkanes) is 1. The molecule has 0 heterocycles. The molecule has 0 amide bonds. The van der Waals surface area contributed by atoms with Crippen LogP contribution < -0.4 is 0 Å². The van der Waals surface area contributed by atoms with E-state index < -0.39 is 17.5 Å². The summed E-state index contributed by atoms with van der Waals surface area (Å²) in [6.07, 6.45) is 2.48. The van der Waals surface area contributed by atoms with Crippen molar-refractivity contribution in [3.63, 3.8) is 0 Å². The van der Waals surface area contributed by atoms with Crippen LogP contribution >= 0.6 is 11.6 Å². The Balaban J connectivity index is 3.15. The van der Waals surface area contributed by atoms with Crippen molar-refractivity contribution in [2.45, 2.75) is 45.1 Å². The van der Waals surface area contributed by atoms with Crippen LogP contribution in [0, 0.1) is 5.92 Å². The number of halogens is 1. The van der Waals surface area contributed by atoms with Gasteiger partial charge in [0.05, 0.1) is 5.92 Å². The van der Waals surface area contributed by atoms with Crippen LogP contribution in [0.2, 0.25) is 5.02 Å². The fourth-order valence-corrected chi connectivity index (χ4v) is 2.57. The number of hydrogen-bond donors (Lipinski definition) is 2. The molecule has 1 aromatic rings. The Morgan fingerprint density at radius 3 is 2.58 bits per heavy atom. The predicted octanol–water partition coefficient (Wildman–Crippen LogP) is 3.83. The van der Waals surface area contributed by atoms with Crippen molar-refractivity contribution in [2.75, 3.05) is 0 Å². The van der Waals surface area contributed by atoms with Crippen molar-refractivity contribution in [2.24, 2.45) is 5.92 Å². The maximum Gasteiger partial charge on any atom is 0.309 e. The normalized spacial score (nSPS) is 15.8. The van der Waals surface area contributed by atoms with Crippen LogP contribution in [-0.4, -0.2) is 16.2 Å². The molecule has 3 nitrogen and oxygen atoms in total. The Morgan fingerprint density at radius 2 is 2.11 bits per heavy atom. The third kappa shape index (κ3) is 3.71. The van der Waals surface area contributed by atoms with Gasteiger partial charge in [-0.15, -0.1) is 0 Å². The van der Waals surface area contributed by atoms with E-state index in [0.717, 1.165) is 12.8 Å². The average molecular weight is 285 g/mol. The van der Waals surface area contributed by atoms with E-state index in [4.69, 9.17) is 11.6 Å². The summed E-state index contributed by atoms with van der Waals surface area (Å²) in [5.41, 5.74) is -0.794. The number of carboxylic acid groups (broad SMARTS) is 1. The highest BCUT2D eigenvalue weighted by atomic mass is 35.5. The summed E-state index contributed by atoms with van der Waals surface area (Å²) in [5.74, 6) is -1.77. The summed E-state index contributed by atoms with van der Waals surface area (Å²) in [5, 5.41) is 20.7. The van der Waals surface area contributed by atoms with Crippen LogP contribution in [0.5, 0.6) is 0 Å². The molecule has 0 fully saturated rings. The minimum atomic E-state index is -1.37. The molecule has 0 radical (unpaired) electrons. The second-order valence-electron chi connectivity index (χ2n) is 4.82. The zero-order valence-corrected chi connectivity index (χ0v) is 12.2. The van der Waals surface area contributed by atoms with Gasteiger partial charge in [-0.25, -0.2) is 0 Å². The first-order valence-electron chi connectivity index (χ1n) is 6.67. The Labute approximate surface area is 119 Å². The summed E-state index contributed by atoms with van der Waals surface area (Å²) in [6, 6.07) is 6.82. The third-order valence-electron chi connectivity index (χ3n) is 3.58. The molecule has 4 heteroatoms. The van der Waals surface area contributed by atoms with Gasteiger partial charge in [0.25, 0.3) is 0 Å². The number of carbonyl (C=O) groups is 1. The summed E-state index contributed by atoms with van der Waals surface area (Å²) < 4.78 is 0. The standard InChI is InChI=1S/C15H21ClO3/c1-3-5-9-13(14(17)18)15(19,4-2)11-7-6-8-12(16)10-11/h6-8,10,13,19H,3-5,9H2,1-2H3,(H,17,18). The molecule has 19 heavy (non-hydrogen) atoms. The van der Waals surface area contributed by atoms with Gasteiger partial charge in [-0.3, -0.25) is 4.79 Å². The largest absolute Gasteiger partial charge is 0.481 e. The van der Waals surface area contributed by atoms with E-state index in [-0.39, 0.29) is 0 Å². The van der Waals surface area contributed by atoms with E-state index in [0.29, 0.717) is 23.4 Å². The van der Waals surface area contributed by atoms with Crippen LogP contribution in [0.25, 0.3) is 0 Å². The Bertz CT molecular complexity index is 433. The number of hydrogen-bond acceptors (Lipinski definition) is 2. The number of rotatable bonds is 7. The van der Waals surface area contributed by atoms with Gasteiger partial charge in [0.2, 0.25) is 0 Å². The molecule has 106 valence electrons. The Kier molecular flexibility index (Phi) is 5.83. The van der Waals surface area contributed by atoms with Gasteiger partial charge >= 0.3 is 5.97 Å². The monoisotopic (exact) mass is 284 g/mol. The molecule has 0 spiro atoms. The minimum absolute atomic E-state index is 0.341. The minimum Gasteiger partial charge on any atom is -0.481 e. The molecule has 0 bridgehead atoms. The SMILES string of the molecule is CCCCC(C(=O)O)C(O)(CC)c1cccc(Cl)c1. The summed E-state index contributed by atoms with van der Waals surface area (Å²) in [7, 11) is 0. The molecule has 2 atom stereocenters. The van der Waals surface area contributed by atoms with E-state index in [1.54, 1.807) is 31.2 Å². The molecule has 1 rings (SSSR count). The number of carboxylic acids is 1. The first kappa shape index (κ1) is 16.0. The fraction of sp³-hybridized carbons (Fsp3) is 0.533. The quantitative estimate of drug-likeness (QED) is 0.800. The zero-order valence-electron chi connectivity index (χ0n) is 11.4. The molecule has 2 unspecified atom stereocenters. The zero-order chi connectivity index (χ0) is 14.5. The van der Waals surface area contributed by atoms with Crippen molar-refractivity contribution >= 4 is 17.6 Å². The fourth-order valence-electron chi connectivity index (χ4n) is 2.38. The molecule has 0 aliphatic rings. The first-order valence-corrected chi connectivity index (χ1v) is 7.04. The Hall–Kier alpha value is -1.06. The van der Waals surface area contributed by atoms with Crippen LogP contribution in [0.1, 0.15) is 45.1 Å². The lowest BCUT2D eigenvalue weighted by Crippen LogP contribution is -2.39. The maximum atomic E-state index is 11.5. The lowest BCUT2D eigenvalue weighted by molar-refractivity contribution is -0.154. The van der Waals surface area contributed by atoms with Crippen molar-refractivity contribution < 1.29 is 15.0 Å². The molecule has 0 aromatic heterocycles. The molecule has 0 aliphatic heterocycles. The van der Waals surface area contributed by atoms with E-state index in [2.05, 4.69) is 0 Å². The predicted molar refractivity (Wildman–Crippen MR) is 76.3 cm³/mol. The van der Waals surface area contributed by atoms with Crippen molar-refractivity contribution in [3.8, 4) is 0 Å². The molecule has 2 N–H and O–H groups in total. The van der Waals surface area contributed by atoms with Gasteiger partial charge in [0.1, 0.15) is 5.60 Å². The number of benzene rings is 1. The van der Waals surface area contributed by atoms with Gasteiger partial charge in [-0.05, 0) is 30.5 Å². The van der Waals surface area contributed by atoms with E-state index in [1.165, 1.54) is 0 Å². The topological polar surface area (TPSA) is 57.5 Å². The highest BCUT2D eigenvalue weighted by Crippen LogP contribution is 2.37. The molecule has 0 saturated carbocycles. The van der Waals surface area contributed by atoms with Gasteiger partial charge < -0.3 is 10.2 Å². The summed E-state index contributed by atoms with van der Waals surface area (Å²) in [6.45, 7) is 3.80. The van der Waals surface area contributed by atoms with Crippen molar-refractivity contribution in [1.29, 1.82) is 0 Å². The molecular weight excluding hydrogens is 264 g/mol. The van der Waals surface area contributed by atoms with Crippen LogP contribution in [0.15, 0.2) is 24.3 Å². The van der Waals surface area contributed by atoms with Crippen molar-refractivity contribution in [3.05, 3.63) is 34.9 Å². The average Bonchev–Trinajstić information content (AvgIpc) is 2.38. The molecule has 1 aromatic carbocycles. The highest BCUT2D eigenvalue weighted by molar-refractivity contribution is 6.30. The third-order valence-corrected chi connectivity index (χ3v) is 3.82. The Morgan fingerprint density at radius 1 is 1.42 bits per heavy atom. The summed E-state index contributed by atoms with van der Waals surface area (Å²) in [4.78, 5) is 11.5. The first-order chi connectivity index (χ1) is 8.95. The molecule has 0 saturated heterocycles. The van der Waals surface area contributed by atoms with E-state index >= 15 is 0 Å². The lowest BCUT2D eigenvalue weighted by Gasteiger charge is -2.33. The van der Waals surface area contributed by atoms with Gasteiger partial charge in [0.15, 0.2) is 0 Å². The van der Waals surface area contributed by atoms with E-state index in [9.17, 15) is 15.0 Å². The van der Waals surface area contributed by atoms with Crippen molar-refractivity contribution in [1.82, 2.24) is 0 Å². The number of aliphatic carboxylic acids is 1. The van der Waals surface area contributed by atoms with Gasteiger partial charge in [0, 0.05) is 5.02 Å². The highest BCUT2D eigenvalue weighted by Gasteiger charge is 2.41. The van der Waals surface area contributed by atoms with Crippen LogP contribution in [0.4, 0.5) is 0 Å². The second kappa shape index (κ2) is 6.92. The lowest BCUT2D eigenvalue weighted by atomic mass is 9.77. The van der Waals surface area contributed by atoms with E-state index in [1.807, 2.05) is 6.92 Å². The maximum absolute atomic E-state index is 11.5. The van der Waals surface area contributed by atoms with Gasteiger partial charge in [-0.2, -0.15) is 0 Å². The molecule has 0 aliphatic carbocycles.